The number of pyridine rings is 1. The van der Waals surface area contributed by atoms with Crippen LogP contribution in [0.3, 0.4) is 0 Å². The van der Waals surface area contributed by atoms with Crippen LogP contribution >= 0.6 is 0 Å². The minimum absolute atomic E-state index is 0.0602. The number of carbonyl (C=O) groups excluding carboxylic acids is 2. The first-order valence-electron chi connectivity index (χ1n) is 9.26. The zero-order chi connectivity index (χ0) is 19.5. The number of fused-ring (bicyclic) bond motifs is 1. The maximum absolute atomic E-state index is 12.7. The van der Waals surface area contributed by atoms with Gasteiger partial charge < -0.3 is 14.6 Å². The van der Waals surface area contributed by atoms with Crippen molar-refractivity contribution in [3.63, 3.8) is 0 Å². The number of H-pyrrole nitrogens is 1. The van der Waals surface area contributed by atoms with E-state index in [1.807, 2.05) is 11.1 Å². The highest BCUT2D eigenvalue weighted by molar-refractivity contribution is 5.95. The maximum Gasteiger partial charge on any atom is 0.356 e. The number of nitrogens with one attached hydrogen (secondary N) is 1. The molecule has 3 heterocycles. The molecular formula is C21H22N4O3. The van der Waals surface area contributed by atoms with E-state index in [1.165, 1.54) is 35.8 Å². The molecule has 1 saturated heterocycles. The van der Waals surface area contributed by atoms with Gasteiger partial charge in [-0.1, -0.05) is 18.2 Å². The lowest BCUT2D eigenvalue weighted by molar-refractivity contribution is 0.0589. The molecule has 1 aliphatic heterocycles. The number of piperazine rings is 1. The fourth-order valence-corrected chi connectivity index (χ4v) is 3.56. The first-order chi connectivity index (χ1) is 13.7. The maximum atomic E-state index is 12.7. The zero-order valence-corrected chi connectivity index (χ0v) is 15.7. The number of benzene rings is 1. The Hall–Kier alpha value is -3.19. The van der Waals surface area contributed by atoms with Crippen molar-refractivity contribution in [3.8, 4) is 0 Å². The standard InChI is InChI=1S/C21H22N4O3/c1-28-21(27)18-6-5-16(13-23-18)20(26)25-11-9-24(10-12-25)14-17-4-2-3-15-7-8-22-19(15)17/h2-8,13,22H,9-12,14H2,1H3. The molecule has 1 N–H and O–H groups in total. The van der Waals surface area contributed by atoms with Crippen molar-refractivity contribution in [2.45, 2.75) is 6.54 Å². The number of amides is 1. The van der Waals surface area contributed by atoms with Crippen LogP contribution in [-0.2, 0) is 11.3 Å². The van der Waals surface area contributed by atoms with Crippen molar-refractivity contribution in [2.75, 3.05) is 33.3 Å². The summed E-state index contributed by atoms with van der Waals surface area (Å²) in [5.41, 5.74) is 3.13. The van der Waals surface area contributed by atoms with Gasteiger partial charge in [-0.2, -0.15) is 0 Å². The topological polar surface area (TPSA) is 78.5 Å². The van der Waals surface area contributed by atoms with Gasteiger partial charge in [0.05, 0.1) is 12.7 Å². The van der Waals surface area contributed by atoms with Gasteiger partial charge in [-0.05, 0) is 29.1 Å². The first-order valence-corrected chi connectivity index (χ1v) is 9.26. The highest BCUT2D eigenvalue weighted by atomic mass is 16.5. The fraction of sp³-hybridized carbons (Fsp3) is 0.286. The van der Waals surface area contributed by atoms with Crippen LogP contribution in [0.1, 0.15) is 26.4 Å². The van der Waals surface area contributed by atoms with Gasteiger partial charge in [0, 0.05) is 50.6 Å². The molecule has 0 saturated carbocycles. The Morgan fingerprint density at radius 1 is 1.11 bits per heavy atom. The van der Waals surface area contributed by atoms with Gasteiger partial charge in [-0.15, -0.1) is 0 Å². The van der Waals surface area contributed by atoms with Crippen LogP contribution in [0.5, 0.6) is 0 Å². The Morgan fingerprint density at radius 2 is 1.93 bits per heavy atom. The molecule has 1 amide bonds. The SMILES string of the molecule is COC(=O)c1ccc(C(=O)N2CCN(Cc3cccc4cc[nH]c34)CC2)cn1. The highest BCUT2D eigenvalue weighted by Crippen LogP contribution is 2.19. The van der Waals surface area contributed by atoms with E-state index >= 15 is 0 Å². The second-order valence-corrected chi connectivity index (χ2v) is 6.85. The van der Waals surface area contributed by atoms with Crippen molar-refractivity contribution >= 4 is 22.8 Å². The number of hydrogen-bond donors (Lipinski definition) is 1. The van der Waals surface area contributed by atoms with Crippen molar-refractivity contribution in [1.82, 2.24) is 19.8 Å². The predicted octanol–water partition coefficient (Wildman–Crippen LogP) is 2.31. The Bertz CT molecular complexity index is 988. The quantitative estimate of drug-likeness (QED) is 0.705. The number of nitrogens with zero attached hydrogens (tertiary/aromatic N) is 3. The van der Waals surface area contributed by atoms with Gasteiger partial charge in [-0.25, -0.2) is 9.78 Å². The number of aromatic amines is 1. The smallest absolute Gasteiger partial charge is 0.356 e. The average molecular weight is 378 g/mol. The number of aromatic nitrogens is 2. The third-order valence-corrected chi connectivity index (χ3v) is 5.13. The van der Waals surface area contributed by atoms with Gasteiger partial charge >= 0.3 is 5.97 Å². The molecule has 3 aromatic rings. The Balaban J connectivity index is 1.36. The molecule has 1 fully saturated rings. The van der Waals surface area contributed by atoms with Crippen LogP contribution in [0.25, 0.3) is 10.9 Å². The number of para-hydroxylation sites is 1. The van der Waals surface area contributed by atoms with Gasteiger partial charge in [0.15, 0.2) is 0 Å². The predicted molar refractivity (Wildman–Crippen MR) is 105 cm³/mol. The van der Waals surface area contributed by atoms with Crippen molar-refractivity contribution in [1.29, 1.82) is 0 Å². The lowest BCUT2D eigenvalue weighted by Gasteiger charge is -2.34. The normalized spacial score (nSPS) is 15.0. The van der Waals surface area contributed by atoms with Crippen LogP contribution in [0.2, 0.25) is 0 Å². The summed E-state index contributed by atoms with van der Waals surface area (Å²) < 4.78 is 4.63. The summed E-state index contributed by atoms with van der Waals surface area (Å²) >= 11 is 0. The molecule has 0 aliphatic carbocycles. The van der Waals surface area contributed by atoms with Crippen LogP contribution in [0.15, 0.2) is 48.8 Å². The van der Waals surface area contributed by atoms with E-state index in [0.29, 0.717) is 18.7 Å². The zero-order valence-electron chi connectivity index (χ0n) is 15.7. The van der Waals surface area contributed by atoms with Crippen molar-refractivity contribution in [3.05, 3.63) is 65.6 Å². The third kappa shape index (κ3) is 3.61. The summed E-state index contributed by atoms with van der Waals surface area (Å²) in [4.78, 5) is 35.7. The molecule has 7 nitrogen and oxygen atoms in total. The minimum atomic E-state index is -0.510. The van der Waals surface area contributed by atoms with E-state index in [9.17, 15) is 9.59 Å². The Morgan fingerprint density at radius 3 is 2.64 bits per heavy atom. The largest absolute Gasteiger partial charge is 0.464 e. The lowest BCUT2D eigenvalue weighted by atomic mass is 10.1. The number of ether oxygens (including phenoxy) is 1. The molecular weight excluding hydrogens is 356 g/mol. The number of esters is 1. The lowest BCUT2D eigenvalue weighted by Crippen LogP contribution is -2.48. The fourth-order valence-electron chi connectivity index (χ4n) is 3.56. The molecule has 2 aromatic heterocycles. The molecule has 0 radical (unpaired) electrons. The second kappa shape index (κ2) is 7.82. The van der Waals surface area contributed by atoms with Gasteiger partial charge in [-0.3, -0.25) is 9.69 Å². The van der Waals surface area contributed by atoms with E-state index in [0.717, 1.165) is 19.6 Å². The highest BCUT2D eigenvalue weighted by Gasteiger charge is 2.23. The van der Waals surface area contributed by atoms with Crippen LogP contribution in [-0.4, -0.2) is 64.9 Å². The van der Waals surface area contributed by atoms with Crippen LogP contribution < -0.4 is 0 Å². The van der Waals surface area contributed by atoms with E-state index in [1.54, 1.807) is 6.07 Å². The summed E-state index contributed by atoms with van der Waals surface area (Å²) in [6.45, 7) is 3.82. The molecule has 0 spiro atoms. The molecule has 144 valence electrons. The Labute approximate surface area is 162 Å². The molecule has 1 aliphatic rings. The molecule has 7 heteroatoms. The minimum Gasteiger partial charge on any atom is -0.464 e. The number of hydrogen-bond acceptors (Lipinski definition) is 5. The monoisotopic (exact) mass is 378 g/mol. The summed E-state index contributed by atoms with van der Waals surface area (Å²) in [6, 6.07) is 11.5. The van der Waals surface area contributed by atoms with Crippen LogP contribution in [0.4, 0.5) is 0 Å². The van der Waals surface area contributed by atoms with Crippen LogP contribution in [0, 0.1) is 0 Å². The summed E-state index contributed by atoms with van der Waals surface area (Å²) in [6.07, 6.45) is 3.40. The Kier molecular flexibility index (Phi) is 5.08. The molecule has 0 bridgehead atoms. The molecule has 0 atom stereocenters. The van der Waals surface area contributed by atoms with E-state index in [2.05, 4.69) is 43.9 Å². The number of methoxy groups -OCH3 is 1. The van der Waals surface area contributed by atoms with E-state index < -0.39 is 5.97 Å². The molecule has 1 aromatic carbocycles. The average Bonchev–Trinajstić information content (AvgIpc) is 3.23. The first kappa shape index (κ1) is 18.2. The summed E-state index contributed by atoms with van der Waals surface area (Å²) in [5.74, 6) is -0.570. The number of carbonyl (C=O) groups is 2. The summed E-state index contributed by atoms with van der Waals surface area (Å²) in [5, 5.41) is 1.22. The van der Waals surface area contributed by atoms with Gasteiger partial charge in [0.1, 0.15) is 5.69 Å². The number of rotatable bonds is 4. The molecule has 28 heavy (non-hydrogen) atoms. The van der Waals surface area contributed by atoms with E-state index in [-0.39, 0.29) is 11.6 Å². The van der Waals surface area contributed by atoms with Gasteiger partial charge in [0.2, 0.25) is 0 Å². The van der Waals surface area contributed by atoms with Gasteiger partial charge in [0.25, 0.3) is 5.91 Å². The van der Waals surface area contributed by atoms with Crippen molar-refractivity contribution in [2.24, 2.45) is 0 Å². The third-order valence-electron chi connectivity index (χ3n) is 5.13. The van der Waals surface area contributed by atoms with Crippen molar-refractivity contribution < 1.29 is 14.3 Å². The molecule has 4 rings (SSSR count). The van der Waals surface area contributed by atoms with E-state index in [4.69, 9.17) is 0 Å². The summed E-state index contributed by atoms with van der Waals surface area (Å²) in [7, 11) is 1.30. The molecule has 0 unspecified atom stereocenters. The second-order valence-electron chi connectivity index (χ2n) is 6.85.